The molecular formula is C24H18Cl2N2O4. The van der Waals surface area contributed by atoms with Crippen molar-refractivity contribution in [1.29, 1.82) is 0 Å². The third-order valence-corrected chi connectivity index (χ3v) is 4.81. The maximum absolute atomic E-state index is 12.4. The first-order valence-electron chi connectivity index (χ1n) is 9.45. The number of hydrogen-bond donors (Lipinski definition) is 2. The number of halogens is 2. The lowest BCUT2D eigenvalue weighted by Gasteiger charge is -2.08. The van der Waals surface area contributed by atoms with Gasteiger partial charge in [-0.1, -0.05) is 59.1 Å². The highest BCUT2D eigenvalue weighted by Crippen LogP contribution is 2.22. The molecule has 0 fully saturated rings. The molecule has 0 radical (unpaired) electrons. The van der Waals surface area contributed by atoms with Crippen molar-refractivity contribution in [3.63, 3.8) is 0 Å². The maximum atomic E-state index is 12.4. The predicted molar refractivity (Wildman–Crippen MR) is 124 cm³/mol. The SMILES string of the molecule is Cc1cccc(C(=O)Oc2ccccc2/C=C/C(=O)NNC(=O)c2ccc(Cl)cc2Cl)c1. The Kier molecular flexibility index (Phi) is 7.65. The van der Waals surface area contributed by atoms with Crippen LogP contribution in [-0.4, -0.2) is 17.8 Å². The lowest BCUT2D eigenvalue weighted by molar-refractivity contribution is -0.117. The summed E-state index contributed by atoms with van der Waals surface area (Å²) in [5.74, 6) is -1.41. The molecule has 0 aliphatic carbocycles. The maximum Gasteiger partial charge on any atom is 0.343 e. The lowest BCUT2D eigenvalue weighted by Crippen LogP contribution is -2.40. The van der Waals surface area contributed by atoms with E-state index in [2.05, 4.69) is 10.9 Å². The van der Waals surface area contributed by atoms with Gasteiger partial charge in [-0.25, -0.2) is 4.79 Å². The van der Waals surface area contributed by atoms with Crippen molar-refractivity contribution >= 4 is 47.1 Å². The van der Waals surface area contributed by atoms with Crippen LogP contribution in [0.3, 0.4) is 0 Å². The summed E-state index contributed by atoms with van der Waals surface area (Å²) in [7, 11) is 0. The van der Waals surface area contributed by atoms with Crippen molar-refractivity contribution in [1.82, 2.24) is 10.9 Å². The standard InChI is InChI=1S/C24H18Cl2N2O4/c1-15-5-4-7-17(13-15)24(31)32-21-8-3-2-6-16(21)9-12-22(29)27-28-23(30)19-11-10-18(25)14-20(19)26/h2-14H,1H3,(H,27,29)(H,28,30)/b12-9+. The Bertz CT molecular complexity index is 1210. The average molecular weight is 469 g/mol. The van der Waals surface area contributed by atoms with E-state index in [0.29, 0.717) is 21.9 Å². The van der Waals surface area contributed by atoms with E-state index in [1.807, 2.05) is 13.0 Å². The molecule has 2 amide bonds. The van der Waals surface area contributed by atoms with Crippen molar-refractivity contribution in [3.05, 3.63) is 105 Å². The van der Waals surface area contributed by atoms with Gasteiger partial charge < -0.3 is 4.74 Å². The zero-order valence-electron chi connectivity index (χ0n) is 16.9. The lowest BCUT2D eigenvalue weighted by atomic mass is 10.1. The Labute approximate surface area is 194 Å². The van der Waals surface area contributed by atoms with Crippen molar-refractivity contribution in [3.8, 4) is 5.75 Å². The number of hydrogen-bond acceptors (Lipinski definition) is 4. The number of esters is 1. The van der Waals surface area contributed by atoms with Crippen LogP contribution in [-0.2, 0) is 4.79 Å². The largest absolute Gasteiger partial charge is 0.422 e. The summed E-state index contributed by atoms with van der Waals surface area (Å²) in [4.78, 5) is 36.7. The van der Waals surface area contributed by atoms with Crippen LogP contribution < -0.4 is 15.6 Å². The molecule has 8 heteroatoms. The van der Waals surface area contributed by atoms with Crippen LogP contribution in [0.4, 0.5) is 0 Å². The van der Waals surface area contributed by atoms with E-state index >= 15 is 0 Å². The second-order valence-electron chi connectivity index (χ2n) is 6.70. The number of benzene rings is 3. The number of amides is 2. The van der Waals surface area contributed by atoms with Gasteiger partial charge in [0.1, 0.15) is 5.75 Å². The van der Waals surface area contributed by atoms with Crippen molar-refractivity contribution in [2.75, 3.05) is 0 Å². The highest BCUT2D eigenvalue weighted by atomic mass is 35.5. The smallest absolute Gasteiger partial charge is 0.343 e. The summed E-state index contributed by atoms with van der Waals surface area (Å²) in [6, 6.07) is 18.2. The first-order valence-corrected chi connectivity index (χ1v) is 10.2. The number of carbonyl (C=O) groups is 3. The molecule has 0 saturated carbocycles. The van der Waals surface area contributed by atoms with Gasteiger partial charge in [0.2, 0.25) is 0 Å². The molecule has 32 heavy (non-hydrogen) atoms. The number of aryl methyl sites for hydroxylation is 1. The minimum atomic E-state index is -0.596. The minimum absolute atomic E-state index is 0.157. The first-order chi connectivity index (χ1) is 15.3. The van der Waals surface area contributed by atoms with Gasteiger partial charge in [-0.05, 0) is 49.4 Å². The molecule has 0 aliphatic heterocycles. The average Bonchev–Trinajstić information content (AvgIpc) is 2.77. The molecule has 3 aromatic rings. The normalized spacial score (nSPS) is 10.6. The van der Waals surface area contributed by atoms with Gasteiger partial charge >= 0.3 is 5.97 Å². The van der Waals surface area contributed by atoms with Gasteiger partial charge in [-0.15, -0.1) is 0 Å². The van der Waals surface area contributed by atoms with E-state index in [4.69, 9.17) is 27.9 Å². The zero-order valence-corrected chi connectivity index (χ0v) is 18.4. The molecule has 0 saturated heterocycles. The summed E-state index contributed by atoms with van der Waals surface area (Å²) in [5, 5.41) is 0.546. The molecule has 3 aromatic carbocycles. The fraction of sp³-hybridized carbons (Fsp3) is 0.0417. The Morgan fingerprint density at radius 3 is 2.44 bits per heavy atom. The third kappa shape index (κ3) is 6.20. The molecule has 6 nitrogen and oxygen atoms in total. The van der Waals surface area contributed by atoms with E-state index in [-0.39, 0.29) is 10.6 Å². The number of hydrazine groups is 1. The summed E-state index contributed by atoms with van der Waals surface area (Å²) >= 11 is 11.8. The Morgan fingerprint density at radius 1 is 0.906 bits per heavy atom. The van der Waals surface area contributed by atoms with Crippen LogP contribution in [0.2, 0.25) is 10.0 Å². The van der Waals surface area contributed by atoms with Gasteiger partial charge in [0.05, 0.1) is 16.1 Å². The molecule has 0 atom stereocenters. The van der Waals surface area contributed by atoms with Crippen LogP contribution in [0, 0.1) is 6.92 Å². The molecular weight excluding hydrogens is 451 g/mol. The van der Waals surface area contributed by atoms with Crippen LogP contribution in [0.5, 0.6) is 5.75 Å². The fourth-order valence-electron chi connectivity index (χ4n) is 2.71. The van der Waals surface area contributed by atoms with Gasteiger partial charge in [0.15, 0.2) is 0 Å². The van der Waals surface area contributed by atoms with Crippen LogP contribution in [0.1, 0.15) is 31.8 Å². The highest BCUT2D eigenvalue weighted by molar-refractivity contribution is 6.36. The number of carbonyl (C=O) groups excluding carboxylic acids is 3. The van der Waals surface area contributed by atoms with Crippen LogP contribution >= 0.6 is 23.2 Å². The zero-order chi connectivity index (χ0) is 23.1. The van der Waals surface area contributed by atoms with Gasteiger partial charge in [-0.2, -0.15) is 0 Å². The van der Waals surface area contributed by atoms with Gasteiger partial charge in [0.25, 0.3) is 11.8 Å². The quantitative estimate of drug-likeness (QED) is 0.239. The fourth-order valence-corrected chi connectivity index (χ4v) is 3.20. The number of ether oxygens (including phenoxy) is 1. The molecule has 0 aromatic heterocycles. The van der Waals surface area contributed by atoms with E-state index in [0.717, 1.165) is 5.56 Å². The molecule has 0 aliphatic rings. The van der Waals surface area contributed by atoms with Crippen LogP contribution in [0.25, 0.3) is 6.08 Å². The summed E-state index contributed by atoms with van der Waals surface area (Å²) < 4.78 is 5.48. The van der Waals surface area contributed by atoms with Gasteiger partial charge in [0, 0.05) is 16.7 Å². The van der Waals surface area contributed by atoms with Crippen molar-refractivity contribution < 1.29 is 19.1 Å². The Balaban J connectivity index is 1.63. The number of rotatable bonds is 5. The second kappa shape index (κ2) is 10.6. The van der Waals surface area contributed by atoms with Gasteiger partial charge in [-0.3, -0.25) is 20.4 Å². The summed E-state index contributed by atoms with van der Waals surface area (Å²) in [6.45, 7) is 1.88. The minimum Gasteiger partial charge on any atom is -0.422 e. The van der Waals surface area contributed by atoms with Crippen molar-refractivity contribution in [2.24, 2.45) is 0 Å². The molecule has 0 heterocycles. The number of nitrogens with one attached hydrogen (secondary N) is 2. The molecule has 0 bridgehead atoms. The Morgan fingerprint density at radius 2 is 1.69 bits per heavy atom. The van der Waals surface area contributed by atoms with Crippen LogP contribution in [0.15, 0.2) is 72.8 Å². The topological polar surface area (TPSA) is 84.5 Å². The predicted octanol–water partition coefficient (Wildman–Crippen LogP) is 5.00. The van der Waals surface area contributed by atoms with E-state index in [1.54, 1.807) is 42.5 Å². The third-order valence-electron chi connectivity index (χ3n) is 4.26. The molecule has 0 unspecified atom stereocenters. The number of para-hydroxylation sites is 1. The molecule has 0 spiro atoms. The second-order valence-corrected chi connectivity index (χ2v) is 7.54. The molecule has 162 valence electrons. The molecule has 2 N–H and O–H groups in total. The summed E-state index contributed by atoms with van der Waals surface area (Å²) in [6.07, 6.45) is 2.67. The molecule has 3 rings (SSSR count). The highest BCUT2D eigenvalue weighted by Gasteiger charge is 2.12. The summed E-state index contributed by atoms with van der Waals surface area (Å²) in [5.41, 5.74) is 6.56. The van der Waals surface area contributed by atoms with Crippen molar-refractivity contribution in [2.45, 2.75) is 6.92 Å². The van der Waals surface area contributed by atoms with E-state index < -0.39 is 17.8 Å². The first kappa shape index (κ1) is 23.1. The Hall–Kier alpha value is -3.61. The monoisotopic (exact) mass is 468 g/mol. The van der Waals surface area contributed by atoms with E-state index in [1.165, 1.54) is 30.4 Å². The van der Waals surface area contributed by atoms with E-state index in [9.17, 15) is 14.4 Å².